The summed E-state index contributed by atoms with van der Waals surface area (Å²) in [5, 5.41) is 0. The fraction of sp³-hybridized carbons (Fsp3) is 0.414. The number of benzene rings is 2. The number of nitrogens with zero attached hydrogens (tertiary/aromatic N) is 1. The van der Waals surface area contributed by atoms with Crippen LogP contribution in [0.5, 0.6) is 0 Å². The number of hydrogen-bond donors (Lipinski definition) is 0. The van der Waals surface area contributed by atoms with E-state index in [0.717, 1.165) is 12.8 Å². The van der Waals surface area contributed by atoms with E-state index in [1.807, 2.05) is 0 Å². The number of fused-ring (bicyclic) bond motifs is 3. The van der Waals surface area contributed by atoms with Crippen molar-refractivity contribution in [2.45, 2.75) is 77.7 Å². The van der Waals surface area contributed by atoms with E-state index in [1.54, 1.807) is 0 Å². The Morgan fingerprint density at radius 3 is 2.23 bits per heavy atom. The van der Waals surface area contributed by atoms with E-state index in [9.17, 15) is 0 Å². The molecular weight excluding hydrogens is 362 g/mol. The van der Waals surface area contributed by atoms with E-state index in [1.165, 1.54) is 52.8 Å². The van der Waals surface area contributed by atoms with Crippen LogP contribution < -0.4 is 4.57 Å². The Balaban J connectivity index is 1.95. The Labute approximate surface area is 182 Å². The Kier molecular flexibility index (Phi) is 5.57. The second kappa shape index (κ2) is 8.02. The summed E-state index contributed by atoms with van der Waals surface area (Å²) < 4.78 is 2.59. The molecule has 1 heteroatoms. The highest BCUT2D eigenvalue weighted by molar-refractivity contribution is 5.69. The zero-order chi connectivity index (χ0) is 21.4. The smallest absolute Gasteiger partial charge is 0.192 e. The molecule has 0 amide bonds. The Morgan fingerprint density at radius 1 is 0.800 bits per heavy atom. The lowest BCUT2D eigenvalue weighted by molar-refractivity contribution is -0.764. The van der Waals surface area contributed by atoms with Crippen molar-refractivity contribution < 1.29 is 4.57 Å². The van der Waals surface area contributed by atoms with Gasteiger partial charge in [0.1, 0.15) is 0 Å². The van der Waals surface area contributed by atoms with Gasteiger partial charge in [-0.1, -0.05) is 69.7 Å². The molecule has 30 heavy (non-hydrogen) atoms. The van der Waals surface area contributed by atoms with Gasteiger partial charge in [0.15, 0.2) is 11.7 Å². The summed E-state index contributed by atoms with van der Waals surface area (Å²) in [6.07, 6.45) is 8.32. The molecule has 0 fully saturated rings. The van der Waals surface area contributed by atoms with Crippen molar-refractivity contribution in [3.8, 4) is 22.4 Å². The van der Waals surface area contributed by atoms with Gasteiger partial charge in [0.2, 0.25) is 5.69 Å². The summed E-state index contributed by atoms with van der Waals surface area (Å²) in [5.74, 6) is 0. The van der Waals surface area contributed by atoms with Crippen LogP contribution in [-0.2, 0) is 17.4 Å². The molecule has 1 aliphatic rings. The van der Waals surface area contributed by atoms with Crippen LogP contribution in [0, 0.1) is 0 Å². The van der Waals surface area contributed by atoms with Gasteiger partial charge in [0.05, 0.1) is 11.0 Å². The largest absolute Gasteiger partial charge is 0.213 e. The van der Waals surface area contributed by atoms with Crippen molar-refractivity contribution in [3.63, 3.8) is 0 Å². The molecule has 1 aliphatic heterocycles. The molecule has 0 bridgehead atoms. The zero-order valence-corrected chi connectivity index (χ0v) is 19.3. The third-order valence-electron chi connectivity index (χ3n) is 7.94. The van der Waals surface area contributed by atoms with Gasteiger partial charge in [-0.05, 0) is 55.0 Å². The van der Waals surface area contributed by atoms with Gasteiger partial charge in [0.25, 0.3) is 0 Å². The lowest BCUT2D eigenvalue weighted by Crippen LogP contribution is -2.67. The van der Waals surface area contributed by atoms with Crippen LogP contribution in [0.2, 0.25) is 0 Å². The molecule has 2 aromatic carbocycles. The summed E-state index contributed by atoms with van der Waals surface area (Å²) in [7, 11) is 0. The normalized spacial score (nSPS) is 22.4. The number of pyridine rings is 1. The zero-order valence-electron chi connectivity index (χ0n) is 19.3. The van der Waals surface area contributed by atoms with Crippen molar-refractivity contribution in [1.82, 2.24) is 0 Å². The topological polar surface area (TPSA) is 3.88 Å². The van der Waals surface area contributed by atoms with Crippen molar-refractivity contribution in [1.29, 1.82) is 0 Å². The molecule has 2 atom stereocenters. The summed E-state index contributed by atoms with van der Waals surface area (Å²) in [4.78, 5) is 0. The number of unbranched alkanes of at least 4 members (excludes halogenated alkanes) is 1. The molecule has 4 rings (SSSR count). The first-order valence-electron chi connectivity index (χ1n) is 11.7. The van der Waals surface area contributed by atoms with E-state index >= 15 is 0 Å². The predicted octanol–water partition coefficient (Wildman–Crippen LogP) is 7.46. The Hall–Kier alpha value is -2.41. The molecule has 0 N–H and O–H groups in total. The molecule has 1 aromatic heterocycles. The predicted molar refractivity (Wildman–Crippen MR) is 128 cm³/mol. The molecule has 0 saturated carbocycles. The van der Waals surface area contributed by atoms with Gasteiger partial charge in [-0.15, -0.1) is 0 Å². The van der Waals surface area contributed by atoms with Crippen LogP contribution in [0.4, 0.5) is 0 Å². The standard InChI is InChI=1S/C29H36N/c1-6-9-13-22-16-18-25-26(20-22)28(4,7-2)29(5,8-3)30-21-24(17-19-27(25)30)23-14-11-10-12-15-23/h10-12,14-21H,6-9,13H2,1-5H3/q+1. The van der Waals surface area contributed by atoms with E-state index in [4.69, 9.17) is 0 Å². The van der Waals surface area contributed by atoms with Gasteiger partial charge in [-0.3, -0.25) is 0 Å². The fourth-order valence-electron chi connectivity index (χ4n) is 5.43. The van der Waals surface area contributed by atoms with E-state index in [0.29, 0.717) is 0 Å². The molecule has 2 unspecified atom stereocenters. The highest BCUT2D eigenvalue weighted by Gasteiger charge is 2.56. The van der Waals surface area contributed by atoms with Crippen LogP contribution in [0.3, 0.4) is 0 Å². The minimum atomic E-state index is 0.0260. The van der Waals surface area contributed by atoms with Gasteiger partial charge in [-0.2, -0.15) is 4.57 Å². The lowest BCUT2D eigenvalue weighted by Gasteiger charge is -2.46. The number of hydrogen-bond acceptors (Lipinski definition) is 0. The van der Waals surface area contributed by atoms with Crippen LogP contribution in [0.15, 0.2) is 66.9 Å². The van der Waals surface area contributed by atoms with E-state index in [2.05, 4.69) is 106 Å². The summed E-state index contributed by atoms with van der Waals surface area (Å²) >= 11 is 0. The first-order chi connectivity index (χ1) is 14.5. The molecule has 0 aliphatic carbocycles. The molecule has 3 aromatic rings. The molecule has 0 saturated heterocycles. The highest BCUT2D eigenvalue weighted by Crippen LogP contribution is 2.50. The maximum Gasteiger partial charge on any atom is 0.213 e. The van der Waals surface area contributed by atoms with Crippen molar-refractivity contribution >= 4 is 0 Å². The van der Waals surface area contributed by atoms with Crippen LogP contribution in [0.1, 0.15) is 71.4 Å². The third kappa shape index (κ3) is 3.11. The van der Waals surface area contributed by atoms with Gasteiger partial charge >= 0.3 is 0 Å². The third-order valence-corrected chi connectivity index (χ3v) is 7.94. The second-order valence-electron chi connectivity index (χ2n) is 9.34. The first-order valence-corrected chi connectivity index (χ1v) is 11.7. The quantitative estimate of drug-likeness (QED) is 0.379. The van der Waals surface area contributed by atoms with Gasteiger partial charge in [-0.25, -0.2) is 0 Å². The highest BCUT2D eigenvalue weighted by atomic mass is 15.1. The van der Waals surface area contributed by atoms with Crippen LogP contribution in [-0.4, -0.2) is 0 Å². The summed E-state index contributed by atoms with van der Waals surface area (Å²) in [5.41, 5.74) is 8.47. The molecular formula is C29H36N+. The number of aromatic nitrogens is 1. The molecule has 2 heterocycles. The van der Waals surface area contributed by atoms with Crippen molar-refractivity contribution in [2.75, 3.05) is 0 Å². The minimum Gasteiger partial charge on any atom is -0.192 e. The first kappa shape index (κ1) is 20.8. The maximum absolute atomic E-state index is 2.59. The van der Waals surface area contributed by atoms with E-state index in [-0.39, 0.29) is 11.0 Å². The average molecular weight is 399 g/mol. The van der Waals surface area contributed by atoms with Gasteiger partial charge in [0, 0.05) is 25.0 Å². The molecule has 156 valence electrons. The maximum atomic E-state index is 2.59. The van der Waals surface area contributed by atoms with Crippen molar-refractivity contribution in [3.05, 3.63) is 78.0 Å². The fourth-order valence-corrected chi connectivity index (χ4v) is 5.43. The number of aryl methyl sites for hydroxylation is 1. The monoisotopic (exact) mass is 398 g/mol. The average Bonchev–Trinajstić information content (AvgIpc) is 2.81. The molecule has 0 spiro atoms. The molecule has 1 nitrogen and oxygen atoms in total. The minimum absolute atomic E-state index is 0.0260. The number of rotatable bonds is 6. The Morgan fingerprint density at radius 2 is 1.57 bits per heavy atom. The van der Waals surface area contributed by atoms with E-state index < -0.39 is 0 Å². The van der Waals surface area contributed by atoms with Crippen molar-refractivity contribution in [2.24, 2.45) is 0 Å². The van der Waals surface area contributed by atoms with Crippen LogP contribution in [0.25, 0.3) is 22.4 Å². The SMILES string of the molecule is CCCCc1ccc2c(c1)C(C)(CC)C(C)(CC)[n+]1cc(-c3ccccc3)ccc1-2. The Bertz CT molecular complexity index is 1040. The summed E-state index contributed by atoms with van der Waals surface area (Å²) in [6, 6.07) is 22.7. The molecule has 0 radical (unpaired) electrons. The van der Waals surface area contributed by atoms with Crippen LogP contribution >= 0.6 is 0 Å². The second-order valence-corrected chi connectivity index (χ2v) is 9.34. The van der Waals surface area contributed by atoms with Gasteiger partial charge < -0.3 is 0 Å². The summed E-state index contributed by atoms with van der Waals surface area (Å²) in [6.45, 7) is 12.0. The lowest BCUT2D eigenvalue weighted by atomic mass is 9.60.